The van der Waals surface area contributed by atoms with Gasteiger partial charge in [-0.05, 0) is 26.1 Å². The van der Waals surface area contributed by atoms with Gasteiger partial charge in [0.05, 0.1) is 5.39 Å². The number of hydrogen-bond donors (Lipinski definition) is 1. The number of nitrogens with zero attached hydrogens (tertiary/aromatic N) is 4. The highest BCUT2D eigenvalue weighted by molar-refractivity contribution is 7.89. The molecule has 1 fully saturated rings. The number of hydrogen-bond acceptors (Lipinski definition) is 6. The van der Waals surface area contributed by atoms with E-state index in [9.17, 15) is 18.0 Å². The Balaban J connectivity index is 2.01. The monoisotopic (exact) mass is 367 g/mol. The Bertz CT molecular complexity index is 1030. The van der Waals surface area contributed by atoms with E-state index in [1.54, 1.807) is 0 Å². The Morgan fingerprint density at radius 3 is 2.80 bits per heavy atom. The van der Waals surface area contributed by atoms with Gasteiger partial charge in [-0.1, -0.05) is 6.92 Å². The fraction of sp³-hybridized carbons (Fsp3) is 0.533. The van der Waals surface area contributed by atoms with E-state index in [2.05, 4.69) is 14.9 Å². The molecule has 1 aliphatic heterocycles. The van der Waals surface area contributed by atoms with Gasteiger partial charge < -0.3 is 4.90 Å². The smallest absolute Gasteiger partial charge is 0.302 e. The van der Waals surface area contributed by atoms with Crippen molar-refractivity contribution in [1.82, 2.24) is 23.7 Å². The third-order valence-corrected chi connectivity index (χ3v) is 6.65. The zero-order chi connectivity index (χ0) is 18.4. The summed E-state index contributed by atoms with van der Waals surface area (Å²) in [5.41, 5.74) is -1.09. The number of aromatic amines is 1. The van der Waals surface area contributed by atoms with Crippen molar-refractivity contribution >= 4 is 21.1 Å². The summed E-state index contributed by atoms with van der Waals surface area (Å²) in [7, 11) is -0.304. The molecule has 0 bridgehead atoms. The van der Waals surface area contributed by atoms with E-state index >= 15 is 0 Å². The lowest BCUT2D eigenvalue weighted by Crippen LogP contribution is -2.36. The minimum atomic E-state index is -3.74. The molecule has 0 radical (unpaired) electrons. The van der Waals surface area contributed by atoms with E-state index in [1.165, 1.54) is 28.2 Å². The molecule has 9 nitrogen and oxygen atoms in total. The summed E-state index contributed by atoms with van der Waals surface area (Å²) >= 11 is 0. The summed E-state index contributed by atoms with van der Waals surface area (Å²) in [4.78, 5) is 31.9. The van der Waals surface area contributed by atoms with Gasteiger partial charge in [-0.2, -0.15) is 4.31 Å². The van der Waals surface area contributed by atoms with Gasteiger partial charge in [0, 0.05) is 32.4 Å². The van der Waals surface area contributed by atoms with Gasteiger partial charge in [0.25, 0.3) is 5.56 Å². The normalized spacial score (nSPS) is 19.1. The molecule has 136 valence electrons. The second-order valence-electron chi connectivity index (χ2n) is 6.24. The van der Waals surface area contributed by atoms with E-state index in [-0.39, 0.29) is 22.0 Å². The van der Waals surface area contributed by atoms with Gasteiger partial charge in [0.15, 0.2) is 0 Å². The third-order valence-electron chi connectivity index (χ3n) is 4.82. The highest BCUT2D eigenvalue weighted by Gasteiger charge is 2.34. The van der Waals surface area contributed by atoms with E-state index in [4.69, 9.17) is 0 Å². The van der Waals surface area contributed by atoms with Crippen molar-refractivity contribution in [2.75, 3.05) is 26.7 Å². The second-order valence-corrected chi connectivity index (χ2v) is 8.18. The topological polar surface area (TPSA) is 108 Å². The van der Waals surface area contributed by atoms with Crippen LogP contribution in [0.3, 0.4) is 0 Å². The van der Waals surface area contributed by atoms with Crippen LogP contribution in [-0.2, 0) is 17.1 Å². The summed E-state index contributed by atoms with van der Waals surface area (Å²) in [6.07, 6.45) is 1.97. The number of likely N-dealkylation sites (N-methyl/N-ethyl adjacent to an activating group) is 1. The number of aromatic nitrogens is 3. The Hall–Kier alpha value is -2.04. The maximum Gasteiger partial charge on any atom is 0.329 e. The summed E-state index contributed by atoms with van der Waals surface area (Å²) in [6.45, 7) is 3.72. The van der Waals surface area contributed by atoms with Crippen molar-refractivity contribution < 1.29 is 8.42 Å². The quantitative estimate of drug-likeness (QED) is 0.768. The Morgan fingerprint density at radius 2 is 2.12 bits per heavy atom. The molecule has 0 saturated carbocycles. The van der Waals surface area contributed by atoms with Crippen LogP contribution in [-0.4, -0.2) is 64.9 Å². The molecule has 3 heterocycles. The summed E-state index contributed by atoms with van der Waals surface area (Å²) in [6, 6.07) is 1.46. The molecule has 1 N–H and O–H groups in total. The van der Waals surface area contributed by atoms with Crippen molar-refractivity contribution in [3.8, 4) is 0 Å². The lowest BCUT2D eigenvalue weighted by molar-refractivity contribution is 0.262. The molecule has 3 rings (SSSR count). The molecule has 0 amide bonds. The average molecular weight is 367 g/mol. The second kappa shape index (κ2) is 6.36. The van der Waals surface area contributed by atoms with Crippen LogP contribution in [0.25, 0.3) is 11.0 Å². The Labute approximate surface area is 144 Å². The molecule has 0 aliphatic carbocycles. The SMILES string of the molecule is CCN(C)[C@H]1CCN(S(=O)(=O)c2cnc3c(c2)c(=O)[nH]c(=O)n3C)C1. The summed E-state index contributed by atoms with van der Waals surface area (Å²) < 4.78 is 28.4. The van der Waals surface area contributed by atoms with Gasteiger partial charge in [0.1, 0.15) is 10.5 Å². The Kier molecular flexibility index (Phi) is 4.52. The van der Waals surface area contributed by atoms with Crippen LogP contribution in [0.15, 0.2) is 26.7 Å². The third kappa shape index (κ3) is 3.00. The Morgan fingerprint density at radius 1 is 1.40 bits per heavy atom. The van der Waals surface area contributed by atoms with Gasteiger partial charge in [-0.15, -0.1) is 0 Å². The molecule has 10 heteroatoms. The first-order valence-corrected chi connectivity index (χ1v) is 9.49. The molecule has 1 aliphatic rings. The fourth-order valence-electron chi connectivity index (χ4n) is 3.05. The molecule has 0 aromatic carbocycles. The average Bonchev–Trinajstić information content (AvgIpc) is 3.09. The number of sulfonamides is 1. The van der Waals surface area contributed by atoms with E-state index < -0.39 is 21.3 Å². The van der Waals surface area contributed by atoms with E-state index in [0.29, 0.717) is 13.1 Å². The number of pyridine rings is 1. The van der Waals surface area contributed by atoms with Crippen molar-refractivity contribution in [2.24, 2.45) is 7.05 Å². The largest absolute Gasteiger partial charge is 0.329 e. The molecule has 1 atom stereocenters. The maximum atomic E-state index is 12.9. The number of rotatable bonds is 4. The van der Waals surface area contributed by atoms with Crippen LogP contribution in [0.1, 0.15) is 13.3 Å². The standard InChI is InChI=1S/C15H21N5O4S/c1-4-18(2)10-5-6-20(9-10)25(23,24)11-7-12-13(16-8-11)19(3)15(22)17-14(12)21/h7-8,10H,4-6,9H2,1-3H3,(H,17,21,22)/t10-/m0/s1. The molecule has 1 saturated heterocycles. The van der Waals surface area contributed by atoms with Crippen molar-refractivity contribution in [2.45, 2.75) is 24.3 Å². The molecular formula is C15H21N5O4S. The van der Waals surface area contributed by atoms with Crippen LogP contribution in [0, 0.1) is 0 Å². The highest BCUT2D eigenvalue weighted by Crippen LogP contribution is 2.23. The summed E-state index contributed by atoms with van der Waals surface area (Å²) in [5.74, 6) is 0. The van der Waals surface area contributed by atoms with Crippen LogP contribution in [0.4, 0.5) is 0 Å². The van der Waals surface area contributed by atoms with Gasteiger partial charge >= 0.3 is 5.69 Å². The molecular weight excluding hydrogens is 346 g/mol. The van der Waals surface area contributed by atoms with Gasteiger partial charge in [-0.3, -0.25) is 14.3 Å². The summed E-state index contributed by atoms with van der Waals surface area (Å²) in [5, 5.41) is 0.0737. The number of fused-ring (bicyclic) bond motifs is 1. The van der Waals surface area contributed by atoms with Gasteiger partial charge in [0.2, 0.25) is 10.0 Å². The fourth-order valence-corrected chi connectivity index (χ4v) is 4.52. The lowest BCUT2D eigenvalue weighted by atomic mass is 10.2. The first-order chi connectivity index (χ1) is 11.8. The lowest BCUT2D eigenvalue weighted by Gasteiger charge is -2.23. The molecule has 0 spiro atoms. The number of aryl methyl sites for hydroxylation is 1. The zero-order valence-electron chi connectivity index (χ0n) is 14.4. The van der Waals surface area contributed by atoms with Crippen LogP contribution in [0.2, 0.25) is 0 Å². The maximum absolute atomic E-state index is 12.9. The molecule has 2 aromatic heterocycles. The number of H-pyrrole nitrogens is 1. The molecule has 25 heavy (non-hydrogen) atoms. The van der Waals surface area contributed by atoms with E-state index in [0.717, 1.165) is 13.0 Å². The first kappa shape index (κ1) is 17.8. The minimum absolute atomic E-state index is 0.0380. The predicted molar refractivity (Wildman–Crippen MR) is 93.1 cm³/mol. The van der Waals surface area contributed by atoms with Gasteiger partial charge in [-0.25, -0.2) is 18.2 Å². The highest BCUT2D eigenvalue weighted by atomic mass is 32.2. The van der Waals surface area contributed by atoms with Crippen molar-refractivity contribution in [1.29, 1.82) is 0 Å². The zero-order valence-corrected chi connectivity index (χ0v) is 15.2. The predicted octanol–water partition coefficient (Wildman–Crippen LogP) is -0.663. The van der Waals surface area contributed by atoms with Crippen LogP contribution < -0.4 is 11.2 Å². The minimum Gasteiger partial charge on any atom is -0.302 e. The van der Waals surface area contributed by atoms with Crippen molar-refractivity contribution in [3.05, 3.63) is 33.1 Å². The molecule has 0 unspecified atom stereocenters. The molecule has 2 aromatic rings. The van der Waals surface area contributed by atoms with Crippen LogP contribution >= 0.6 is 0 Å². The first-order valence-electron chi connectivity index (χ1n) is 8.05. The number of nitrogens with one attached hydrogen (secondary N) is 1. The van der Waals surface area contributed by atoms with E-state index in [1.807, 2.05) is 14.0 Å². The van der Waals surface area contributed by atoms with Crippen molar-refractivity contribution in [3.63, 3.8) is 0 Å². The van der Waals surface area contributed by atoms with Crippen LogP contribution in [0.5, 0.6) is 0 Å².